The maximum absolute atomic E-state index is 12.3. The summed E-state index contributed by atoms with van der Waals surface area (Å²) in [5.41, 5.74) is 1.86. The molecule has 8 nitrogen and oxygen atoms in total. The number of carbonyl (C=O) groups is 1. The Morgan fingerprint density at radius 1 is 1.04 bits per heavy atom. The second-order valence-electron chi connectivity index (χ2n) is 5.85. The van der Waals surface area contributed by atoms with E-state index in [4.69, 9.17) is 4.74 Å². The largest absolute Gasteiger partial charge is 0.459 e. The molecule has 0 radical (unpaired) electrons. The van der Waals surface area contributed by atoms with Gasteiger partial charge in [-0.2, -0.15) is 9.78 Å². The van der Waals surface area contributed by atoms with Crippen LogP contribution in [0.4, 0.5) is 0 Å². The van der Waals surface area contributed by atoms with Crippen LogP contribution in [0.25, 0.3) is 16.6 Å². The van der Waals surface area contributed by atoms with Crippen molar-refractivity contribution >= 4 is 16.9 Å². The van der Waals surface area contributed by atoms with Crippen LogP contribution in [0.2, 0.25) is 0 Å². The van der Waals surface area contributed by atoms with Gasteiger partial charge in [-0.15, -0.1) is 5.10 Å². The first-order valence-electron chi connectivity index (χ1n) is 8.28. The van der Waals surface area contributed by atoms with Gasteiger partial charge in [0, 0.05) is 12.4 Å². The fourth-order valence-corrected chi connectivity index (χ4v) is 2.63. The third-order valence-corrected chi connectivity index (χ3v) is 4.01. The normalized spacial score (nSPS) is 10.8. The lowest BCUT2D eigenvalue weighted by Gasteiger charge is -2.07. The van der Waals surface area contributed by atoms with Crippen molar-refractivity contribution in [3.05, 3.63) is 82.9 Å². The molecule has 0 amide bonds. The first kappa shape index (κ1) is 16.6. The SMILES string of the molecule is O=C(Cn1nnc2ccccc2c1=O)OCc1ccc(-n2cccn2)cc1. The van der Waals surface area contributed by atoms with Crippen molar-refractivity contribution in [2.75, 3.05) is 0 Å². The Hall–Kier alpha value is -3.81. The Bertz CT molecular complexity index is 1130. The summed E-state index contributed by atoms with van der Waals surface area (Å²) in [6.07, 6.45) is 3.55. The first-order valence-corrected chi connectivity index (χ1v) is 8.28. The molecule has 2 aromatic carbocycles. The standard InChI is InChI=1S/C19H15N5O3/c25-18(12-24-19(26)16-4-1-2-5-17(16)21-22-24)27-13-14-6-8-15(9-7-14)23-11-3-10-20-23/h1-11H,12-13H2. The van der Waals surface area contributed by atoms with Crippen molar-refractivity contribution in [3.63, 3.8) is 0 Å². The molecular weight excluding hydrogens is 346 g/mol. The summed E-state index contributed by atoms with van der Waals surface area (Å²) in [4.78, 5) is 24.4. The van der Waals surface area contributed by atoms with Gasteiger partial charge in [0.25, 0.3) is 5.56 Å². The average Bonchev–Trinajstić information content (AvgIpc) is 3.24. The molecule has 27 heavy (non-hydrogen) atoms. The number of aromatic nitrogens is 5. The Morgan fingerprint density at radius 2 is 1.85 bits per heavy atom. The lowest BCUT2D eigenvalue weighted by atomic mass is 10.2. The van der Waals surface area contributed by atoms with Gasteiger partial charge in [0.15, 0.2) is 0 Å². The fourth-order valence-electron chi connectivity index (χ4n) is 2.63. The van der Waals surface area contributed by atoms with E-state index < -0.39 is 5.97 Å². The number of nitrogens with zero attached hydrogens (tertiary/aromatic N) is 5. The van der Waals surface area contributed by atoms with Gasteiger partial charge >= 0.3 is 5.97 Å². The van der Waals surface area contributed by atoms with Gasteiger partial charge in [-0.25, -0.2) is 4.68 Å². The second kappa shape index (κ2) is 7.20. The summed E-state index contributed by atoms with van der Waals surface area (Å²) in [6, 6.07) is 16.2. The highest BCUT2D eigenvalue weighted by molar-refractivity contribution is 5.77. The van der Waals surface area contributed by atoms with Crippen LogP contribution in [0.3, 0.4) is 0 Å². The molecule has 0 spiro atoms. The third kappa shape index (κ3) is 3.59. The first-order chi connectivity index (χ1) is 13.2. The maximum atomic E-state index is 12.3. The molecule has 0 atom stereocenters. The van der Waals surface area contributed by atoms with Crippen LogP contribution in [0.15, 0.2) is 71.8 Å². The Balaban J connectivity index is 1.40. The van der Waals surface area contributed by atoms with Crippen molar-refractivity contribution in [1.29, 1.82) is 0 Å². The highest BCUT2D eigenvalue weighted by atomic mass is 16.5. The average molecular weight is 361 g/mol. The van der Waals surface area contributed by atoms with Gasteiger partial charge in [0.05, 0.1) is 11.1 Å². The van der Waals surface area contributed by atoms with Crippen LogP contribution in [0, 0.1) is 0 Å². The number of esters is 1. The van der Waals surface area contributed by atoms with E-state index >= 15 is 0 Å². The molecule has 0 N–H and O–H groups in total. The summed E-state index contributed by atoms with van der Waals surface area (Å²) in [5, 5.41) is 12.3. The zero-order valence-electron chi connectivity index (χ0n) is 14.2. The summed E-state index contributed by atoms with van der Waals surface area (Å²) in [6.45, 7) is -0.185. The van der Waals surface area contributed by atoms with E-state index in [2.05, 4.69) is 15.4 Å². The molecule has 0 fully saturated rings. The van der Waals surface area contributed by atoms with Crippen LogP contribution >= 0.6 is 0 Å². The highest BCUT2D eigenvalue weighted by Crippen LogP contribution is 2.10. The van der Waals surface area contributed by atoms with E-state index in [-0.39, 0.29) is 18.7 Å². The molecule has 0 aliphatic heterocycles. The molecule has 0 unspecified atom stereocenters. The monoisotopic (exact) mass is 361 g/mol. The summed E-state index contributed by atoms with van der Waals surface area (Å²) < 4.78 is 7.98. The van der Waals surface area contributed by atoms with Gasteiger partial charge in [0.2, 0.25) is 0 Å². The van der Waals surface area contributed by atoms with Gasteiger partial charge in [-0.05, 0) is 35.9 Å². The van der Waals surface area contributed by atoms with Crippen molar-refractivity contribution in [2.45, 2.75) is 13.2 Å². The van der Waals surface area contributed by atoms with E-state index in [0.717, 1.165) is 15.9 Å². The van der Waals surface area contributed by atoms with Crippen molar-refractivity contribution < 1.29 is 9.53 Å². The van der Waals surface area contributed by atoms with Crippen LogP contribution in [0.1, 0.15) is 5.56 Å². The molecule has 0 aliphatic carbocycles. The number of benzene rings is 2. The summed E-state index contributed by atoms with van der Waals surface area (Å²) >= 11 is 0. The quantitative estimate of drug-likeness (QED) is 0.503. The zero-order valence-corrected chi connectivity index (χ0v) is 14.2. The number of ether oxygens (including phenoxy) is 1. The minimum atomic E-state index is -0.558. The molecule has 0 aliphatic rings. The number of hydrogen-bond donors (Lipinski definition) is 0. The number of hydrogen-bond acceptors (Lipinski definition) is 6. The van der Waals surface area contributed by atoms with E-state index in [1.807, 2.05) is 36.5 Å². The molecule has 4 rings (SSSR count). The number of fused-ring (bicyclic) bond motifs is 1. The van der Waals surface area contributed by atoms with Gasteiger partial charge < -0.3 is 4.74 Å². The van der Waals surface area contributed by atoms with E-state index in [1.54, 1.807) is 35.1 Å². The predicted molar refractivity (Wildman–Crippen MR) is 97.2 cm³/mol. The molecule has 2 aromatic heterocycles. The Kier molecular flexibility index (Phi) is 4.44. The van der Waals surface area contributed by atoms with E-state index in [9.17, 15) is 9.59 Å². The predicted octanol–water partition coefficient (Wildman–Crippen LogP) is 1.72. The second-order valence-corrected chi connectivity index (χ2v) is 5.85. The van der Waals surface area contributed by atoms with Crippen molar-refractivity contribution in [2.24, 2.45) is 0 Å². The van der Waals surface area contributed by atoms with Crippen LogP contribution < -0.4 is 5.56 Å². The lowest BCUT2D eigenvalue weighted by Crippen LogP contribution is -2.28. The third-order valence-electron chi connectivity index (χ3n) is 4.01. The van der Waals surface area contributed by atoms with E-state index in [1.165, 1.54) is 0 Å². The zero-order chi connectivity index (χ0) is 18.6. The maximum Gasteiger partial charge on any atom is 0.328 e. The van der Waals surface area contributed by atoms with Crippen molar-refractivity contribution in [1.82, 2.24) is 24.8 Å². The molecule has 0 saturated heterocycles. The number of rotatable bonds is 5. The van der Waals surface area contributed by atoms with Crippen LogP contribution in [0.5, 0.6) is 0 Å². The Morgan fingerprint density at radius 3 is 2.63 bits per heavy atom. The van der Waals surface area contributed by atoms with Gasteiger partial charge in [0.1, 0.15) is 18.7 Å². The molecule has 134 valence electrons. The Labute approximate surface area is 153 Å². The van der Waals surface area contributed by atoms with E-state index in [0.29, 0.717) is 10.9 Å². The summed E-state index contributed by atoms with van der Waals surface area (Å²) in [5.74, 6) is -0.558. The van der Waals surface area contributed by atoms with Crippen molar-refractivity contribution in [3.8, 4) is 5.69 Å². The number of carbonyl (C=O) groups excluding carboxylic acids is 1. The summed E-state index contributed by atoms with van der Waals surface area (Å²) in [7, 11) is 0. The molecular formula is C19H15N5O3. The fraction of sp³-hybridized carbons (Fsp3) is 0.105. The highest BCUT2D eigenvalue weighted by Gasteiger charge is 2.10. The smallest absolute Gasteiger partial charge is 0.328 e. The molecule has 0 saturated carbocycles. The molecule has 4 aromatic rings. The lowest BCUT2D eigenvalue weighted by molar-refractivity contribution is -0.146. The molecule has 2 heterocycles. The minimum Gasteiger partial charge on any atom is -0.459 e. The van der Waals surface area contributed by atoms with Gasteiger partial charge in [-0.3, -0.25) is 9.59 Å². The van der Waals surface area contributed by atoms with Gasteiger partial charge in [-0.1, -0.05) is 29.5 Å². The van der Waals surface area contributed by atoms with Crippen LogP contribution in [-0.2, 0) is 22.7 Å². The van der Waals surface area contributed by atoms with Crippen LogP contribution in [-0.4, -0.2) is 30.7 Å². The molecule has 8 heteroatoms. The molecule has 0 bridgehead atoms. The minimum absolute atomic E-state index is 0.105. The topological polar surface area (TPSA) is 91.9 Å².